The zero-order valence-corrected chi connectivity index (χ0v) is 26.5. The first kappa shape index (κ1) is 29.2. The van der Waals surface area contributed by atoms with Gasteiger partial charge in [0.25, 0.3) is 0 Å². The maximum Gasteiger partial charge on any atom is 0.195 e. The predicted octanol–water partition coefficient (Wildman–Crippen LogP) is 9.83. The van der Waals surface area contributed by atoms with Crippen LogP contribution in [0.3, 0.4) is 0 Å². The third kappa shape index (κ3) is 4.65. The number of nitrogens with zero attached hydrogens (tertiary/aromatic N) is 2. The molecule has 2 aliphatic rings. The topological polar surface area (TPSA) is 27.1 Å². The van der Waals surface area contributed by atoms with Crippen LogP contribution in [0, 0.1) is 17.5 Å². The molecule has 1 aliphatic heterocycles. The highest BCUT2D eigenvalue weighted by Crippen LogP contribution is 2.61. The highest BCUT2D eigenvalue weighted by molar-refractivity contribution is 7.68. The van der Waals surface area contributed by atoms with Gasteiger partial charge in [0.1, 0.15) is 11.6 Å². The lowest BCUT2D eigenvalue weighted by Crippen LogP contribution is -2.33. The van der Waals surface area contributed by atoms with Gasteiger partial charge in [-0.15, -0.1) is 0 Å². The van der Waals surface area contributed by atoms with Crippen molar-refractivity contribution in [3.8, 4) is 17.1 Å². The quantitative estimate of drug-likeness (QED) is 0.153. The van der Waals surface area contributed by atoms with E-state index in [1.54, 1.807) is 13.2 Å². The van der Waals surface area contributed by atoms with Crippen LogP contribution in [0.4, 0.5) is 13.2 Å². The molecule has 1 atom stereocenters. The standard InChI is InChI=1S/C35H40F3N2OP/c1-34(2,3)42(35(4,5)6)25-18-17-23-26-27(25)33-39-24(20-11-9-8-10-12-20)19-40(33)32(21-13-15-22(41-7)16-14-21)28(26)30(37)31(38)29(23)36/h13-20,32H,8-12H2,1-7H3. The number of hydrogen-bond donors (Lipinski definition) is 0. The summed E-state index contributed by atoms with van der Waals surface area (Å²) in [6, 6.07) is 10.3. The Hall–Kier alpha value is -2.85. The van der Waals surface area contributed by atoms with Crippen LogP contribution in [0.2, 0.25) is 0 Å². The molecule has 0 spiro atoms. The minimum atomic E-state index is -1.43. The van der Waals surface area contributed by atoms with Crippen LogP contribution >= 0.6 is 7.92 Å². The molecule has 4 aromatic rings. The van der Waals surface area contributed by atoms with E-state index in [0.29, 0.717) is 17.1 Å². The number of imidazole rings is 1. The van der Waals surface area contributed by atoms with Gasteiger partial charge in [-0.1, -0.05) is 93.0 Å². The summed E-state index contributed by atoms with van der Waals surface area (Å²) in [6.45, 7) is 13.4. The van der Waals surface area contributed by atoms with Gasteiger partial charge >= 0.3 is 0 Å². The number of halogens is 3. The van der Waals surface area contributed by atoms with Crippen LogP contribution in [0.1, 0.15) is 102 Å². The summed E-state index contributed by atoms with van der Waals surface area (Å²) in [5.41, 5.74) is 2.67. The van der Waals surface area contributed by atoms with E-state index < -0.39 is 31.4 Å². The maximum atomic E-state index is 16.3. The average molecular weight is 593 g/mol. The normalized spacial score (nSPS) is 17.6. The van der Waals surface area contributed by atoms with Crippen molar-refractivity contribution in [1.82, 2.24) is 9.55 Å². The number of aromatic nitrogens is 2. The van der Waals surface area contributed by atoms with Crippen LogP contribution in [-0.2, 0) is 0 Å². The number of hydrogen-bond acceptors (Lipinski definition) is 2. The van der Waals surface area contributed by atoms with Gasteiger partial charge in [0.15, 0.2) is 17.5 Å². The molecule has 1 saturated carbocycles. The van der Waals surface area contributed by atoms with Gasteiger partial charge in [-0.05, 0) is 46.2 Å². The molecule has 2 heterocycles. The second-order valence-corrected chi connectivity index (χ2v) is 17.7. The van der Waals surface area contributed by atoms with E-state index in [9.17, 15) is 0 Å². The molecule has 0 radical (unpaired) electrons. The van der Waals surface area contributed by atoms with Crippen molar-refractivity contribution in [3.63, 3.8) is 0 Å². The first-order valence-corrected chi connectivity index (χ1v) is 16.3. The molecule has 222 valence electrons. The first-order chi connectivity index (χ1) is 19.8. The van der Waals surface area contributed by atoms with Crippen LogP contribution in [0.15, 0.2) is 42.6 Å². The SMILES string of the molecule is COc1ccc(C2c3c(F)c(F)c(F)c4ccc(P(C(C)(C)C)C(C)(C)C)c(c34)-c3nc(C4CCCCC4)cn32)cc1. The van der Waals surface area contributed by atoms with Crippen molar-refractivity contribution >= 4 is 24.0 Å². The van der Waals surface area contributed by atoms with Gasteiger partial charge in [0.05, 0.1) is 18.8 Å². The van der Waals surface area contributed by atoms with Gasteiger partial charge < -0.3 is 9.30 Å². The zero-order chi connectivity index (χ0) is 30.1. The van der Waals surface area contributed by atoms with Crippen LogP contribution in [0.25, 0.3) is 22.2 Å². The third-order valence-electron chi connectivity index (χ3n) is 8.87. The second-order valence-electron chi connectivity index (χ2n) is 13.8. The Bertz CT molecular complexity index is 1640. The van der Waals surface area contributed by atoms with Crippen molar-refractivity contribution in [2.24, 2.45) is 0 Å². The van der Waals surface area contributed by atoms with Crippen molar-refractivity contribution in [3.05, 3.63) is 76.9 Å². The summed E-state index contributed by atoms with van der Waals surface area (Å²) in [7, 11) is 0.740. The number of methoxy groups -OCH3 is 1. The van der Waals surface area contributed by atoms with E-state index in [2.05, 4.69) is 47.7 Å². The molecule has 0 amide bonds. The van der Waals surface area contributed by atoms with Crippen molar-refractivity contribution in [1.29, 1.82) is 0 Å². The molecule has 3 nitrogen and oxygen atoms in total. The Morgan fingerprint density at radius 2 is 1.48 bits per heavy atom. The lowest BCUT2D eigenvalue weighted by Gasteiger charge is -2.43. The van der Waals surface area contributed by atoms with Crippen molar-refractivity contribution in [2.75, 3.05) is 7.11 Å². The molecule has 0 saturated heterocycles. The molecular weight excluding hydrogens is 552 g/mol. The van der Waals surface area contributed by atoms with Crippen LogP contribution in [-0.4, -0.2) is 27.0 Å². The molecule has 6 rings (SSSR count). The molecule has 1 fully saturated rings. The zero-order valence-electron chi connectivity index (χ0n) is 25.6. The minimum absolute atomic E-state index is 0.104. The largest absolute Gasteiger partial charge is 0.497 e. The molecular formula is C35H40F3N2OP. The highest BCUT2D eigenvalue weighted by atomic mass is 31.1. The third-order valence-corrected chi connectivity index (χ3v) is 12.4. The fourth-order valence-corrected chi connectivity index (χ4v) is 11.7. The summed E-state index contributed by atoms with van der Waals surface area (Å²) >= 11 is 0. The molecule has 1 unspecified atom stereocenters. The summed E-state index contributed by atoms with van der Waals surface area (Å²) < 4.78 is 54.7. The fraction of sp³-hybridized carbons (Fsp3) is 0.457. The number of benzene rings is 3. The summed E-state index contributed by atoms with van der Waals surface area (Å²) in [5, 5.41) is 1.39. The Labute approximate surface area is 248 Å². The number of fused-ring (bicyclic) bond motifs is 2. The highest BCUT2D eigenvalue weighted by Gasteiger charge is 2.42. The Morgan fingerprint density at radius 3 is 2.07 bits per heavy atom. The lowest BCUT2D eigenvalue weighted by atomic mass is 9.86. The molecule has 7 heteroatoms. The lowest BCUT2D eigenvalue weighted by molar-refractivity contribution is 0.414. The van der Waals surface area contributed by atoms with E-state index in [-0.39, 0.29) is 21.3 Å². The van der Waals surface area contributed by atoms with E-state index in [0.717, 1.165) is 53.6 Å². The fourth-order valence-electron chi connectivity index (χ4n) is 7.54. The minimum Gasteiger partial charge on any atom is -0.497 e. The molecule has 0 bridgehead atoms. The summed E-state index contributed by atoms with van der Waals surface area (Å²) in [6.07, 6.45) is 7.70. The Balaban J connectivity index is 1.75. The maximum absolute atomic E-state index is 16.3. The smallest absolute Gasteiger partial charge is 0.195 e. The van der Waals surface area contributed by atoms with Gasteiger partial charge in [-0.2, -0.15) is 0 Å². The second kappa shape index (κ2) is 10.4. The number of rotatable bonds is 4. The molecule has 1 aliphatic carbocycles. The summed E-state index contributed by atoms with van der Waals surface area (Å²) in [4.78, 5) is 5.31. The monoisotopic (exact) mass is 592 g/mol. The molecule has 1 aromatic heterocycles. The van der Waals surface area contributed by atoms with Crippen LogP contribution in [0.5, 0.6) is 5.75 Å². The molecule has 0 N–H and O–H groups in total. The van der Waals surface area contributed by atoms with E-state index in [1.165, 1.54) is 6.42 Å². The molecule has 42 heavy (non-hydrogen) atoms. The summed E-state index contributed by atoms with van der Waals surface area (Å²) in [5.74, 6) is -2.01. The number of ether oxygens (including phenoxy) is 1. The van der Waals surface area contributed by atoms with E-state index in [4.69, 9.17) is 9.72 Å². The van der Waals surface area contributed by atoms with Crippen molar-refractivity contribution < 1.29 is 17.9 Å². The van der Waals surface area contributed by atoms with Gasteiger partial charge in [-0.25, -0.2) is 18.2 Å². The Kier molecular flexibility index (Phi) is 7.24. The van der Waals surface area contributed by atoms with Gasteiger partial charge in [0.2, 0.25) is 0 Å². The Morgan fingerprint density at radius 1 is 0.833 bits per heavy atom. The average Bonchev–Trinajstić information content (AvgIpc) is 3.39. The van der Waals surface area contributed by atoms with E-state index >= 15 is 13.2 Å². The molecule has 3 aromatic carbocycles. The van der Waals surface area contributed by atoms with E-state index in [1.807, 2.05) is 34.9 Å². The van der Waals surface area contributed by atoms with Crippen molar-refractivity contribution in [2.45, 2.75) is 95.9 Å². The predicted molar refractivity (Wildman–Crippen MR) is 167 cm³/mol. The van der Waals surface area contributed by atoms with Crippen LogP contribution < -0.4 is 10.0 Å². The van der Waals surface area contributed by atoms with Gasteiger partial charge in [0, 0.05) is 34.0 Å². The van der Waals surface area contributed by atoms with Gasteiger partial charge in [-0.3, -0.25) is 0 Å². The first-order valence-electron chi connectivity index (χ1n) is 15.0.